The first-order valence-electron chi connectivity index (χ1n) is 6.98. The summed E-state index contributed by atoms with van der Waals surface area (Å²) >= 11 is 0. The van der Waals surface area contributed by atoms with Gasteiger partial charge in [0, 0.05) is 10.9 Å². The van der Waals surface area contributed by atoms with Crippen LogP contribution in [0.5, 0.6) is 0 Å². The molecule has 1 N–H and O–H groups in total. The van der Waals surface area contributed by atoms with Crippen LogP contribution in [0.4, 0.5) is 14.5 Å². The summed E-state index contributed by atoms with van der Waals surface area (Å²) in [4.78, 5) is 36.9. The Bertz CT molecular complexity index is 889. The van der Waals surface area contributed by atoms with Gasteiger partial charge in [-0.15, -0.1) is 0 Å². The van der Waals surface area contributed by atoms with E-state index in [2.05, 4.69) is 0 Å². The van der Waals surface area contributed by atoms with E-state index >= 15 is 0 Å². The summed E-state index contributed by atoms with van der Waals surface area (Å²) in [7, 11) is 0. The Hall–Kier alpha value is -2.83. The fourth-order valence-electron chi connectivity index (χ4n) is 3.17. The molecule has 2 heterocycles. The van der Waals surface area contributed by atoms with Crippen molar-refractivity contribution in [1.82, 2.24) is 5.32 Å². The number of rotatable bonds is 1. The lowest BCUT2D eigenvalue weighted by molar-refractivity contribution is -0.156. The van der Waals surface area contributed by atoms with Crippen molar-refractivity contribution >= 4 is 34.2 Å². The lowest BCUT2D eigenvalue weighted by Gasteiger charge is -2.33. The van der Waals surface area contributed by atoms with Crippen molar-refractivity contribution in [1.29, 1.82) is 0 Å². The normalized spacial score (nSPS) is 22.6. The second-order valence-corrected chi connectivity index (χ2v) is 5.60. The molecule has 1 unspecified atom stereocenters. The number of imide groups is 1. The predicted octanol–water partition coefficient (Wildman–Crippen LogP) is 1.85. The molecule has 0 radical (unpaired) electrons. The Labute approximate surface area is 128 Å². The molecule has 2 aliphatic rings. The highest BCUT2D eigenvalue weighted by Crippen LogP contribution is 2.40. The average molecular weight is 316 g/mol. The predicted molar refractivity (Wildman–Crippen MR) is 77.3 cm³/mol. The molecule has 4 rings (SSSR count). The zero-order valence-electron chi connectivity index (χ0n) is 11.7. The molecule has 2 aromatic carbocycles. The van der Waals surface area contributed by atoms with E-state index < -0.39 is 36.1 Å². The molecule has 2 aliphatic heterocycles. The number of amides is 3. The Kier molecular flexibility index (Phi) is 2.61. The van der Waals surface area contributed by atoms with E-state index in [1.165, 1.54) is 0 Å². The summed E-state index contributed by atoms with van der Waals surface area (Å²) in [6.07, 6.45) is -1.02. The van der Waals surface area contributed by atoms with E-state index in [9.17, 15) is 23.2 Å². The summed E-state index contributed by atoms with van der Waals surface area (Å²) in [5, 5.41) is 3.07. The molecule has 1 atom stereocenters. The topological polar surface area (TPSA) is 66.5 Å². The molecule has 5 nitrogen and oxygen atoms in total. The molecular formula is C16H10F2N2O3. The molecule has 0 saturated carbocycles. The molecule has 2 aromatic rings. The van der Waals surface area contributed by atoms with Crippen molar-refractivity contribution in [2.45, 2.75) is 18.4 Å². The molecule has 116 valence electrons. The molecule has 1 saturated heterocycles. The van der Waals surface area contributed by atoms with Crippen LogP contribution in [0.15, 0.2) is 36.4 Å². The molecule has 23 heavy (non-hydrogen) atoms. The van der Waals surface area contributed by atoms with Crippen LogP contribution < -0.4 is 10.2 Å². The fraction of sp³-hybridized carbons (Fsp3) is 0.188. The monoisotopic (exact) mass is 316 g/mol. The smallest absolute Gasteiger partial charge is 0.295 e. The van der Waals surface area contributed by atoms with E-state index in [-0.39, 0.29) is 0 Å². The third kappa shape index (κ3) is 1.79. The quantitative estimate of drug-likeness (QED) is 0.817. The van der Waals surface area contributed by atoms with Crippen LogP contribution in [0.25, 0.3) is 10.8 Å². The summed E-state index contributed by atoms with van der Waals surface area (Å²) in [6.45, 7) is 0. The number of alkyl halides is 2. The maximum absolute atomic E-state index is 13.7. The molecule has 7 heteroatoms. The lowest BCUT2D eigenvalue weighted by Crippen LogP contribution is -2.61. The second-order valence-electron chi connectivity index (χ2n) is 5.60. The van der Waals surface area contributed by atoms with Crippen molar-refractivity contribution < 1.29 is 23.2 Å². The van der Waals surface area contributed by atoms with Crippen molar-refractivity contribution in [2.75, 3.05) is 4.90 Å². The minimum absolute atomic E-state index is 0.367. The van der Waals surface area contributed by atoms with E-state index in [1.54, 1.807) is 41.7 Å². The molecule has 0 aliphatic carbocycles. The Morgan fingerprint density at radius 3 is 2.52 bits per heavy atom. The van der Waals surface area contributed by atoms with E-state index in [0.29, 0.717) is 16.6 Å². The fourth-order valence-corrected chi connectivity index (χ4v) is 3.17. The highest BCUT2D eigenvalue weighted by Gasteiger charge is 2.52. The second kappa shape index (κ2) is 4.34. The Morgan fingerprint density at radius 1 is 1.09 bits per heavy atom. The van der Waals surface area contributed by atoms with E-state index in [1.807, 2.05) is 0 Å². The largest absolute Gasteiger partial charge is 0.327 e. The van der Waals surface area contributed by atoms with Crippen molar-refractivity contribution in [3.63, 3.8) is 0 Å². The maximum atomic E-state index is 13.7. The molecule has 3 amide bonds. The number of halogens is 2. The zero-order chi connectivity index (χ0) is 16.4. The highest BCUT2D eigenvalue weighted by atomic mass is 19.3. The third-order valence-corrected chi connectivity index (χ3v) is 4.22. The Morgan fingerprint density at radius 2 is 1.78 bits per heavy atom. The van der Waals surface area contributed by atoms with Crippen LogP contribution in [-0.4, -0.2) is 29.7 Å². The standard InChI is InChI=1S/C16H10F2N2O3/c17-16(18)7-11(13(21)19-15(16)23)20-10-6-2-4-8-3-1-5-9(12(8)10)14(20)22/h1-6,11H,7H2,(H,19,21,23). The lowest BCUT2D eigenvalue weighted by atomic mass is 10.0. The number of carbonyl (C=O) groups excluding carboxylic acids is 3. The maximum Gasteiger partial charge on any atom is 0.327 e. The van der Waals surface area contributed by atoms with Gasteiger partial charge in [-0.05, 0) is 17.5 Å². The number of nitrogens with zero attached hydrogens (tertiary/aromatic N) is 1. The van der Waals surface area contributed by atoms with Gasteiger partial charge in [0.25, 0.3) is 11.8 Å². The van der Waals surface area contributed by atoms with Crippen LogP contribution in [0.2, 0.25) is 0 Å². The van der Waals surface area contributed by atoms with Gasteiger partial charge in [-0.3, -0.25) is 24.6 Å². The third-order valence-electron chi connectivity index (χ3n) is 4.22. The molecule has 0 bridgehead atoms. The van der Waals surface area contributed by atoms with Crippen LogP contribution in [0, 0.1) is 0 Å². The van der Waals surface area contributed by atoms with Crippen molar-refractivity contribution in [2.24, 2.45) is 0 Å². The number of carbonyl (C=O) groups is 3. The van der Waals surface area contributed by atoms with Gasteiger partial charge >= 0.3 is 5.92 Å². The molecule has 0 spiro atoms. The number of anilines is 1. The van der Waals surface area contributed by atoms with Crippen LogP contribution in [0.3, 0.4) is 0 Å². The SMILES string of the molecule is O=C1NC(=O)C(F)(F)CC1N1C(=O)c2cccc3cccc1c23. The van der Waals surface area contributed by atoms with Crippen LogP contribution >= 0.6 is 0 Å². The number of hydrogen-bond donors (Lipinski definition) is 1. The summed E-state index contributed by atoms with van der Waals surface area (Å²) in [5.74, 6) is -6.72. The molecular weight excluding hydrogens is 306 g/mol. The number of piperidine rings is 1. The van der Waals surface area contributed by atoms with Gasteiger partial charge in [0.15, 0.2) is 0 Å². The van der Waals surface area contributed by atoms with Crippen molar-refractivity contribution in [3.8, 4) is 0 Å². The summed E-state index contributed by atoms with van der Waals surface area (Å²) in [5.41, 5.74) is 0.777. The average Bonchev–Trinajstić information content (AvgIpc) is 2.79. The number of nitrogens with one attached hydrogen (secondary N) is 1. The first kappa shape index (κ1) is 13.8. The number of benzene rings is 2. The van der Waals surface area contributed by atoms with E-state index in [4.69, 9.17) is 0 Å². The first-order valence-corrected chi connectivity index (χ1v) is 6.98. The van der Waals surface area contributed by atoms with Gasteiger partial charge in [0.2, 0.25) is 5.91 Å². The first-order chi connectivity index (χ1) is 10.9. The summed E-state index contributed by atoms with van der Waals surface area (Å²) < 4.78 is 27.4. The van der Waals surface area contributed by atoms with Crippen molar-refractivity contribution in [3.05, 3.63) is 42.0 Å². The minimum atomic E-state index is -3.69. The van der Waals surface area contributed by atoms with Gasteiger partial charge in [-0.2, -0.15) is 8.78 Å². The van der Waals surface area contributed by atoms with Gasteiger partial charge in [-0.25, -0.2) is 0 Å². The van der Waals surface area contributed by atoms with E-state index in [0.717, 1.165) is 10.3 Å². The minimum Gasteiger partial charge on any atom is -0.295 e. The van der Waals surface area contributed by atoms with Gasteiger partial charge in [0.1, 0.15) is 6.04 Å². The molecule has 0 aromatic heterocycles. The molecule has 1 fully saturated rings. The highest BCUT2D eigenvalue weighted by molar-refractivity contribution is 6.27. The summed E-state index contributed by atoms with van der Waals surface area (Å²) in [6, 6.07) is 8.78. The van der Waals surface area contributed by atoms with Gasteiger partial charge in [-0.1, -0.05) is 24.3 Å². The van der Waals surface area contributed by atoms with Crippen LogP contribution in [0.1, 0.15) is 16.8 Å². The number of hydrogen-bond acceptors (Lipinski definition) is 3. The van der Waals surface area contributed by atoms with Gasteiger partial charge in [0.05, 0.1) is 12.1 Å². The Balaban J connectivity index is 1.86. The van der Waals surface area contributed by atoms with Gasteiger partial charge < -0.3 is 0 Å². The zero-order valence-corrected chi connectivity index (χ0v) is 11.7. The van der Waals surface area contributed by atoms with Crippen LogP contribution in [-0.2, 0) is 9.59 Å².